The lowest BCUT2D eigenvalue weighted by molar-refractivity contribution is 1.18. The number of rotatable bonds is 4. The second-order valence-electron chi connectivity index (χ2n) is 9.75. The van der Waals surface area contributed by atoms with Gasteiger partial charge < -0.3 is 9.47 Å². The minimum atomic E-state index is 1.17. The Morgan fingerprint density at radius 3 is 2.06 bits per heavy atom. The summed E-state index contributed by atoms with van der Waals surface area (Å²) in [7, 11) is 0. The summed E-state index contributed by atoms with van der Waals surface area (Å²) in [6, 6.07) is 39.6. The molecule has 1 heterocycles. The quantitative estimate of drug-likeness (QED) is 0.251. The molecular formula is C34H30N2. The monoisotopic (exact) mass is 466 g/mol. The summed E-state index contributed by atoms with van der Waals surface area (Å²) in [6.45, 7) is 8.74. The van der Waals surface area contributed by atoms with Crippen LogP contribution in [0.3, 0.4) is 0 Å². The van der Waals surface area contributed by atoms with E-state index < -0.39 is 0 Å². The Balaban J connectivity index is 1.73. The molecule has 176 valence electrons. The fraction of sp³-hybridized carbons (Fsp3) is 0.118. The number of hydrogen-bond acceptors (Lipinski definition) is 1. The Morgan fingerprint density at radius 1 is 0.528 bits per heavy atom. The van der Waals surface area contributed by atoms with E-state index in [1.54, 1.807) is 0 Å². The van der Waals surface area contributed by atoms with Crippen LogP contribution in [0.25, 0.3) is 27.5 Å². The Morgan fingerprint density at radius 2 is 1.28 bits per heavy atom. The lowest BCUT2D eigenvalue weighted by Gasteiger charge is -2.28. The minimum Gasteiger partial charge on any atom is -0.310 e. The van der Waals surface area contributed by atoms with Crippen molar-refractivity contribution in [3.8, 4) is 5.69 Å². The van der Waals surface area contributed by atoms with E-state index in [4.69, 9.17) is 0 Å². The van der Waals surface area contributed by atoms with Gasteiger partial charge in [-0.25, -0.2) is 0 Å². The van der Waals surface area contributed by atoms with E-state index in [9.17, 15) is 0 Å². The molecule has 0 aliphatic carbocycles. The summed E-state index contributed by atoms with van der Waals surface area (Å²) >= 11 is 0. The summed E-state index contributed by atoms with van der Waals surface area (Å²) in [5.41, 5.74) is 12.3. The molecule has 0 saturated carbocycles. The fourth-order valence-corrected chi connectivity index (χ4v) is 5.37. The third kappa shape index (κ3) is 3.58. The van der Waals surface area contributed by atoms with Crippen molar-refractivity contribution in [1.82, 2.24) is 4.57 Å². The minimum absolute atomic E-state index is 1.17. The highest BCUT2D eigenvalue weighted by Gasteiger charge is 2.22. The molecule has 0 aliphatic heterocycles. The number of benzene rings is 5. The maximum Gasteiger partial charge on any atom is 0.0562 e. The third-order valence-electron chi connectivity index (χ3n) is 7.27. The number of aryl methyl sites for hydroxylation is 4. The van der Waals surface area contributed by atoms with Crippen molar-refractivity contribution in [3.05, 3.63) is 131 Å². The molecule has 0 bridgehead atoms. The van der Waals surface area contributed by atoms with E-state index in [0.717, 1.165) is 0 Å². The number of para-hydroxylation sites is 2. The van der Waals surface area contributed by atoms with Crippen molar-refractivity contribution < 1.29 is 0 Å². The topological polar surface area (TPSA) is 8.17 Å². The van der Waals surface area contributed by atoms with Gasteiger partial charge in [0.15, 0.2) is 0 Å². The zero-order valence-corrected chi connectivity index (χ0v) is 21.3. The van der Waals surface area contributed by atoms with Crippen LogP contribution >= 0.6 is 0 Å². The molecule has 2 nitrogen and oxygen atoms in total. The predicted octanol–water partition coefficient (Wildman–Crippen LogP) is 9.49. The van der Waals surface area contributed by atoms with E-state index in [2.05, 4.69) is 146 Å². The van der Waals surface area contributed by atoms with Crippen LogP contribution in [-0.2, 0) is 0 Å². The molecule has 0 atom stereocenters. The van der Waals surface area contributed by atoms with E-state index in [-0.39, 0.29) is 0 Å². The van der Waals surface area contributed by atoms with Crippen molar-refractivity contribution in [2.75, 3.05) is 4.90 Å². The highest BCUT2D eigenvalue weighted by atomic mass is 15.1. The molecule has 0 spiro atoms. The van der Waals surface area contributed by atoms with Crippen molar-refractivity contribution >= 4 is 38.9 Å². The highest BCUT2D eigenvalue weighted by Crippen LogP contribution is 2.44. The summed E-state index contributed by atoms with van der Waals surface area (Å²) in [4.78, 5) is 2.44. The van der Waals surface area contributed by atoms with Crippen LogP contribution in [0.1, 0.15) is 22.3 Å². The van der Waals surface area contributed by atoms with Crippen molar-refractivity contribution in [3.63, 3.8) is 0 Å². The average molecular weight is 467 g/mol. The molecule has 0 amide bonds. The number of anilines is 3. The molecule has 6 aromatic rings. The van der Waals surface area contributed by atoms with Crippen LogP contribution in [0.5, 0.6) is 0 Å². The van der Waals surface area contributed by atoms with Gasteiger partial charge in [-0.15, -0.1) is 0 Å². The van der Waals surface area contributed by atoms with Crippen molar-refractivity contribution in [1.29, 1.82) is 0 Å². The van der Waals surface area contributed by atoms with Gasteiger partial charge >= 0.3 is 0 Å². The van der Waals surface area contributed by atoms with E-state index >= 15 is 0 Å². The lowest BCUT2D eigenvalue weighted by Crippen LogP contribution is -2.12. The highest BCUT2D eigenvalue weighted by molar-refractivity contribution is 6.16. The van der Waals surface area contributed by atoms with Crippen LogP contribution < -0.4 is 4.90 Å². The van der Waals surface area contributed by atoms with Gasteiger partial charge in [0.2, 0.25) is 0 Å². The zero-order valence-electron chi connectivity index (χ0n) is 21.3. The molecule has 1 aromatic heterocycles. The SMILES string of the molecule is Cc1ccc(N(c2ccc(C)c(C)c2)c2cccc3c2c2ccccc2n3-c2ccccc2)c(C)c1. The second kappa shape index (κ2) is 8.73. The summed E-state index contributed by atoms with van der Waals surface area (Å²) in [6.07, 6.45) is 0. The maximum absolute atomic E-state index is 2.44. The Bertz CT molecular complexity index is 1720. The molecule has 36 heavy (non-hydrogen) atoms. The number of aromatic nitrogens is 1. The predicted molar refractivity (Wildman–Crippen MR) is 154 cm³/mol. The molecule has 0 saturated heterocycles. The van der Waals surface area contributed by atoms with Gasteiger partial charge in [-0.05, 0) is 92.9 Å². The van der Waals surface area contributed by atoms with E-state index in [1.807, 2.05) is 0 Å². The third-order valence-corrected chi connectivity index (χ3v) is 7.27. The Labute approximate surface area is 213 Å². The average Bonchev–Trinajstić information content (AvgIpc) is 3.23. The molecule has 2 heteroatoms. The molecule has 5 aromatic carbocycles. The number of fused-ring (bicyclic) bond motifs is 3. The first-order valence-corrected chi connectivity index (χ1v) is 12.5. The first-order chi connectivity index (χ1) is 17.5. The van der Waals surface area contributed by atoms with Crippen molar-refractivity contribution in [2.24, 2.45) is 0 Å². The lowest BCUT2D eigenvalue weighted by atomic mass is 10.0. The normalized spacial score (nSPS) is 11.3. The summed E-state index contributed by atoms with van der Waals surface area (Å²) in [5, 5.41) is 2.51. The largest absolute Gasteiger partial charge is 0.310 e. The smallest absolute Gasteiger partial charge is 0.0562 e. The fourth-order valence-electron chi connectivity index (χ4n) is 5.37. The first kappa shape index (κ1) is 22.2. The second-order valence-corrected chi connectivity index (χ2v) is 9.75. The van der Waals surface area contributed by atoms with E-state index in [1.165, 1.54) is 66.8 Å². The van der Waals surface area contributed by atoms with Gasteiger partial charge in [0.1, 0.15) is 0 Å². The van der Waals surface area contributed by atoms with Crippen LogP contribution in [0.4, 0.5) is 17.1 Å². The van der Waals surface area contributed by atoms with Gasteiger partial charge in [-0.3, -0.25) is 0 Å². The molecular weight excluding hydrogens is 436 g/mol. The van der Waals surface area contributed by atoms with Crippen LogP contribution in [0.2, 0.25) is 0 Å². The van der Waals surface area contributed by atoms with Gasteiger partial charge in [0.05, 0.1) is 16.7 Å². The van der Waals surface area contributed by atoms with Crippen molar-refractivity contribution in [2.45, 2.75) is 27.7 Å². The molecule has 0 aliphatic rings. The summed E-state index contributed by atoms with van der Waals surface area (Å²) < 4.78 is 2.38. The molecule has 0 N–H and O–H groups in total. The van der Waals surface area contributed by atoms with Gasteiger partial charge in [0.25, 0.3) is 0 Å². The molecule has 0 fully saturated rings. The van der Waals surface area contributed by atoms with Gasteiger partial charge in [-0.2, -0.15) is 0 Å². The maximum atomic E-state index is 2.44. The first-order valence-electron chi connectivity index (χ1n) is 12.5. The molecule has 0 unspecified atom stereocenters. The van der Waals surface area contributed by atoms with Gasteiger partial charge in [0, 0.05) is 27.8 Å². The van der Waals surface area contributed by atoms with Crippen LogP contribution in [0, 0.1) is 27.7 Å². The van der Waals surface area contributed by atoms with Crippen LogP contribution in [-0.4, -0.2) is 4.57 Å². The van der Waals surface area contributed by atoms with Crippen LogP contribution in [0.15, 0.2) is 109 Å². The zero-order chi connectivity index (χ0) is 24.8. The molecule has 6 rings (SSSR count). The summed E-state index contributed by atoms with van der Waals surface area (Å²) in [5.74, 6) is 0. The standard InChI is InChI=1S/C34H30N2/c1-23-17-20-30(26(4)21-23)36(28-19-18-24(2)25(3)22-28)33-16-10-15-32-34(33)29-13-8-9-14-31(29)35(32)27-11-6-5-7-12-27/h5-22H,1-4H3. The Hall–Kier alpha value is -4.30. The Kier molecular flexibility index (Phi) is 5.38. The number of nitrogens with zero attached hydrogens (tertiary/aromatic N) is 2. The number of hydrogen-bond donors (Lipinski definition) is 0. The van der Waals surface area contributed by atoms with E-state index in [0.29, 0.717) is 0 Å². The molecule has 0 radical (unpaired) electrons. The van der Waals surface area contributed by atoms with Gasteiger partial charge in [-0.1, -0.05) is 66.2 Å².